The molecule has 6 heteroatoms. The van der Waals surface area contributed by atoms with Crippen LogP contribution < -0.4 is 15.8 Å². The Balaban J connectivity index is 1.96. The number of rotatable bonds is 4. The van der Waals surface area contributed by atoms with Gasteiger partial charge < -0.3 is 15.8 Å². The number of amides is 1. The Morgan fingerprint density at radius 2 is 2.05 bits per heavy atom. The molecule has 0 fully saturated rings. The minimum absolute atomic E-state index is 0.0155. The normalized spacial score (nSPS) is 10.1. The van der Waals surface area contributed by atoms with Crippen LogP contribution in [0.2, 0.25) is 5.02 Å². The summed E-state index contributed by atoms with van der Waals surface area (Å²) in [7, 11) is 0. The van der Waals surface area contributed by atoms with Gasteiger partial charge in [-0.25, -0.2) is 4.39 Å². The number of hydrogen-bond acceptors (Lipinski definition) is 3. The van der Waals surface area contributed by atoms with Gasteiger partial charge in [-0.15, -0.1) is 0 Å². The van der Waals surface area contributed by atoms with E-state index in [1.807, 2.05) is 0 Å². The molecule has 0 saturated heterocycles. The van der Waals surface area contributed by atoms with Crippen molar-refractivity contribution in [2.24, 2.45) is 0 Å². The minimum atomic E-state index is -0.525. The molecule has 0 radical (unpaired) electrons. The fourth-order valence-electron chi connectivity index (χ4n) is 1.53. The van der Waals surface area contributed by atoms with Crippen LogP contribution in [0, 0.1) is 5.82 Å². The van der Waals surface area contributed by atoms with Crippen LogP contribution in [0.1, 0.15) is 0 Å². The molecule has 3 N–H and O–H groups in total. The predicted octanol–water partition coefficient (Wildman–Crippen LogP) is 3.08. The predicted molar refractivity (Wildman–Crippen MR) is 76.4 cm³/mol. The van der Waals surface area contributed by atoms with Gasteiger partial charge in [0.25, 0.3) is 5.91 Å². The lowest BCUT2D eigenvalue weighted by Crippen LogP contribution is -2.21. The van der Waals surface area contributed by atoms with E-state index >= 15 is 0 Å². The quantitative estimate of drug-likeness (QED) is 0.852. The van der Waals surface area contributed by atoms with Gasteiger partial charge >= 0.3 is 0 Å². The average Bonchev–Trinajstić information content (AvgIpc) is 2.42. The standard InChI is InChI=1S/C14H12ClFN2O2/c15-9-5-6-11(17)12(7-9)18-14(19)8-20-13-4-2-1-3-10(13)16/h1-7H,8,17H2,(H,18,19). The zero-order chi connectivity index (χ0) is 14.5. The molecule has 0 bridgehead atoms. The summed E-state index contributed by atoms with van der Waals surface area (Å²) < 4.78 is 18.4. The number of carbonyl (C=O) groups is 1. The highest BCUT2D eigenvalue weighted by molar-refractivity contribution is 6.31. The van der Waals surface area contributed by atoms with Crippen molar-refractivity contribution in [1.82, 2.24) is 0 Å². The van der Waals surface area contributed by atoms with E-state index < -0.39 is 11.7 Å². The van der Waals surface area contributed by atoms with Crippen LogP contribution in [0.3, 0.4) is 0 Å². The number of benzene rings is 2. The minimum Gasteiger partial charge on any atom is -0.481 e. The number of para-hydroxylation sites is 1. The van der Waals surface area contributed by atoms with E-state index in [0.717, 1.165) is 0 Å². The fraction of sp³-hybridized carbons (Fsp3) is 0.0714. The second kappa shape index (κ2) is 6.25. The highest BCUT2D eigenvalue weighted by Gasteiger charge is 2.08. The van der Waals surface area contributed by atoms with Crippen molar-refractivity contribution in [3.8, 4) is 5.75 Å². The second-order valence-electron chi connectivity index (χ2n) is 4.00. The van der Waals surface area contributed by atoms with Crippen LogP contribution in [0.25, 0.3) is 0 Å². The SMILES string of the molecule is Nc1ccc(Cl)cc1NC(=O)COc1ccccc1F. The fourth-order valence-corrected chi connectivity index (χ4v) is 1.70. The van der Waals surface area contributed by atoms with Crippen molar-refractivity contribution in [3.63, 3.8) is 0 Å². The van der Waals surface area contributed by atoms with Gasteiger partial charge in [0.1, 0.15) is 0 Å². The largest absolute Gasteiger partial charge is 0.481 e. The van der Waals surface area contributed by atoms with Crippen molar-refractivity contribution in [2.45, 2.75) is 0 Å². The van der Waals surface area contributed by atoms with Crippen LogP contribution >= 0.6 is 11.6 Å². The number of halogens is 2. The lowest BCUT2D eigenvalue weighted by Gasteiger charge is -2.10. The first-order valence-electron chi connectivity index (χ1n) is 5.78. The van der Waals surface area contributed by atoms with Crippen molar-refractivity contribution >= 4 is 28.9 Å². The molecule has 4 nitrogen and oxygen atoms in total. The van der Waals surface area contributed by atoms with Gasteiger partial charge in [-0.05, 0) is 30.3 Å². The van der Waals surface area contributed by atoms with E-state index in [9.17, 15) is 9.18 Å². The van der Waals surface area contributed by atoms with Crippen LogP contribution in [-0.4, -0.2) is 12.5 Å². The summed E-state index contributed by atoms with van der Waals surface area (Å²) in [6.45, 7) is -0.327. The maximum absolute atomic E-state index is 13.3. The molecule has 1 amide bonds. The molecule has 20 heavy (non-hydrogen) atoms. The number of nitrogen functional groups attached to an aromatic ring is 1. The van der Waals surface area contributed by atoms with Gasteiger partial charge in [-0.3, -0.25) is 4.79 Å². The first-order valence-corrected chi connectivity index (χ1v) is 6.16. The summed E-state index contributed by atoms with van der Waals surface area (Å²) in [5, 5.41) is 2.99. The third-order valence-corrected chi connectivity index (χ3v) is 2.72. The lowest BCUT2D eigenvalue weighted by atomic mass is 10.2. The van der Waals surface area contributed by atoms with Gasteiger partial charge in [-0.2, -0.15) is 0 Å². The molecule has 2 aromatic rings. The number of nitrogens with two attached hydrogens (primary N) is 1. The average molecular weight is 295 g/mol. The zero-order valence-corrected chi connectivity index (χ0v) is 11.2. The molecule has 0 aliphatic carbocycles. The molecule has 0 saturated carbocycles. The third kappa shape index (κ3) is 3.61. The Bertz CT molecular complexity index is 634. The molecule has 0 aliphatic rings. The van der Waals surface area contributed by atoms with E-state index in [1.54, 1.807) is 18.2 Å². The third-order valence-electron chi connectivity index (χ3n) is 2.48. The second-order valence-corrected chi connectivity index (χ2v) is 4.44. The Morgan fingerprint density at radius 3 is 2.80 bits per heavy atom. The van der Waals surface area contributed by atoms with Crippen LogP contribution in [0.5, 0.6) is 5.75 Å². The molecule has 0 unspecified atom stereocenters. The Morgan fingerprint density at radius 1 is 1.30 bits per heavy atom. The molecule has 104 valence electrons. The smallest absolute Gasteiger partial charge is 0.262 e. The molecular weight excluding hydrogens is 283 g/mol. The Hall–Kier alpha value is -2.27. The van der Waals surface area contributed by atoms with Gasteiger partial charge in [0.15, 0.2) is 18.2 Å². The monoisotopic (exact) mass is 294 g/mol. The van der Waals surface area contributed by atoms with E-state index in [1.165, 1.54) is 24.3 Å². The van der Waals surface area contributed by atoms with E-state index in [4.69, 9.17) is 22.1 Å². The summed E-state index contributed by atoms with van der Waals surface area (Å²) in [4.78, 5) is 11.7. The van der Waals surface area contributed by atoms with Crippen LogP contribution in [0.4, 0.5) is 15.8 Å². The van der Waals surface area contributed by atoms with Crippen molar-refractivity contribution in [3.05, 3.63) is 53.3 Å². The lowest BCUT2D eigenvalue weighted by molar-refractivity contribution is -0.118. The first-order chi connectivity index (χ1) is 9.56. The van der Waals surface area contributed by atoms with E-state index in [-0.39, 0.29) is 12.4 Å². The van der Waals surface area contributed by atoms with Crippen LogP contribution in [0.15, 0.2) is 42.5 Å². The number of carbonyl (C=O) groups excluding carboxylic acids is 1. The molecular formula is C14H12ClFN2O2. The topological polar surface area (TPSA) is 64.3 Å². The molecule has 2 aromatic carbocycles. The van der Waals surface area contributed by atoms with E-state index in [0.29, 0.717) is 16.4 Å². The number of hydrogen-bond donors (Lipinski definition) is 2. The molecule has 0 spiro atoms. The maximum Gasteiger partial charge on any atom is 0.262 e. The summed E-state index contributed by atoms with van der Waals surface area (Å²) in [6.07, 6.45) is 0. The number of nitrogens with one attached hydrogen (secondary N) is 1. The Kier molecular flexibility index (Phi) is 4.42. The number of anilines is 2. The summed E-state index contributed by atoms with van der Waals surface area (Å²) >= 11 is 5.81. The molecule has 0 heterocycles. The highest BCUT2D eigenvalue weighted by atomic mass is 35.5. The molecule has 2 rings (SSSR count). The Labute approximate surface area is 120 Å². The highest BCUT2D eigenvalue weighted by Crippen LogP contribution is 2.23. The first kappa shape index (κ1) is 14.1. The summed E-state index contributed by atoms with van der Waals surface area (Å²) in [6, 6.07) is 10.6. The summed E-state index contributed by atoms with van der Waals surface area (Å²) in [5.74, 6) is -0.966. The van der Waals surface area contributed by atoms with E-state index in [2.05, 4.69) is 5.32 Å². The van der Waals surface area contributed by atoms with Gasteiger partial charge in [0, 0.05) is 5.02 Å². The van der Waals surface area contributed by atoms with Crippen LogP contribution in [-0.2, 0) is 4.79 Å². The zero-order valence-electron chi connectivity index (χ0n) is 10.4. The molecule has 0 atom stereocenters. The maximum atomic E-state index is 13.3. The molecule has 0 aromatic heterocycles. The molecule has 0 aliphatic heterocycles. The van der Waals surface area contributed by atoms with Gasteiger partial charge in [0.05, 0.1) is 11.4 Å². The van der Waals surface area contributed by atoms with Crippen molar-refractivity contribution < 1.29 is 13.9 Å². The van der Waals surface area contributed by atoms with Crippen molar-refractivity contribution in [2.75, 3.05) is 17.7 Å². The summed E-state index contributed by atoms with van der Waals surface area (Å²) in [5.41, 5.74) is 6.47. The van der Waals surface area contributed by atoms with Crippen molar-refractivity contribution in [1.29, 1.82) is 0 Å². The van der Waals surface area contributed by atoms with Gasteiger partial charge in [-0.1, -0.05) is 23.7 Å². The van der Waals surface area contributed by atoms with Gasteiger partial charge in [0.2, 0.25) is 0 Å². The number of ether oxygens (including phenoxy) is 1.